The van der Waals surface area contributed by atoms with E-state index in [-0.39, 0.29) is 48.0 Å². The highest BCUT2D eigenvalue weighted by atomic mass is 32.2. The molecule has 2 aromatic carbocycles. The number of aliphatic hydroxyl groups excluding tert-OH is 1. The summed E-state index contributed by atoms with van der Waals surface area (Å²) in [7, 11) is 0. The number of nitrogens with zero attached hydrogens (tertiary/aromatic N) is 3. The van der Waals surface area contributed by atoms with Gasteiger partial charge in [0, 0.05) is 30.6 Å². The van der Waals surface area contributed by atoms with E-state index in [0.29, 0.717) is 13.1 Å². The number of fused-ring (bicyclic) bond motifs is 1. The maximum atomic E-state index is 15.1. The molecule has 5 rings (SSSR count). The van der Waals surface area contributed by atoms with E-state index in [2.05, 4.69) is 20.1 Å². The summed E-state index contributed by atoms with van der Waals surface area (Å²) in [4.78, 5) is 49.8. The van der Waals surface area contributed by atoms with Gasteiger partial charge in [0.25, 0.3) is 5.91 Å². The molecule has 240 valence electrons. The first-order valence-electron chi connectivity index (χ1n) is 16.1. The monoisotopic (exact) mass is 629 g/mol. The lowest BCUT2D eigenvalue weighted by Gasteiger charge is -2.43. The topological polar surface area (TPSA) is 81.2 Å². The Morgan fingerprint density at radius 2 is 1.69 bits per heavy atom. The number of aryl methyl sites for hydroxylation is 2. The summed E-state index contributed by atoms with van der Waals surface area (Å²) >= 11 is 1.67. The molecule has 8 heteroatoms. The second kappa shape index (κ2) is 13.2. The smallest absolute Gasteiger partial charge is 0.251 e. The number of carbonyl (C=O) groups excluding carboxylic acids is 3. The maximum absolute atomic E-state index is 15.1. The molecule has 0 saturated carbocycles. The maximum Gasteiger partial charge on any atom is 0.251 e. The van der Waals surface area contributed by atoms with E-state index in [9.17, 15) is 14.7 Å². The van der Waals surface area contributed by atoms with E-state index in [0.717, 1.165) is 28.8 Å². The number of amides is 3. The van der Waals surface area contributed by atoms with Crippen molar-refractivity contribution in [2.24, 2.45) is 23.7 Å². The van der Waals surface area contributed by atoms with E-state index in [1.807, 2.05) is 76.2 Å². The number of carbonyl (C=O) groups is 3. The lowest BCUT2D eigenvalue weighted by atomic mass is 9.65. The van der Waals surface area contributed by atoms with Gasteiger partial charge < -0.3 is 19.8 Å². The van der Waals surface area contributed by atoms with Gasteiger partial charge in [0.2, 0.25) is 11.8 Å². The van der Waals surface area contributed by atoms with Crippen LogP contribution in [0.3, 0.4) is 0 Å². The SMILES string of the molecule is C=CCN(Cc1ccccc1)C(=O)[C@@H]1[C@H]2C(=O)N([C@@H](CO)C(C)C)C(C(=O)N(CC=C)c3c(C)cccc3C)C23S[C@@H]1CC3C. The molecule has 7 nitrogen and oxygen atoms in total. The van der Waals surface area contributed by atoms with Crippen LogP contribution in [0.15, 0.2) is 73.8 Å². The van der Waals surface area contributed by atoms with Crippen LogP contribution in [0.1, 0.15) is 43.9 Å². The van der Waals surface area contributed by atoms with Crippen LogP contribution in [-0.4, -0.2) is 74.4 Å². The lowest BCUT2D eigenvalue weighted by Crippen LogP contribution is -2.60. The molecule has 3 aliphatic rings. The number of benzene rings is 2. The van der Waals surface area contributed by atoms with Crippen LogP contribution in [0.4, 0.5) is 5.69 Å². The zero-order valence-electron chi connectivity index (χ0n) is 27.2. The highest BCUT2D eigenvalue weighted by Gasteiger charge is 2.77. The van der Waals surface area contributed by atoms with Crippen molar-refractivity contribution in [3.8, 4) is 0 Å². The fraction of sp³-hybridized carbons (Fsp3) is 0.486. The predicted molar refractivity (Wildman–Crippen MR) is 182 cm³/mol. The Kier molecular flexibility index (Phi) is 9.66. The van der Waals surface area contributed by atoms with Gasteiger partial charge in [0.1, 0.15) is 6.04 Å². The Morgan fingerprint density at radius 3 is 2.27 bits per heavy atom. The Morgan fingerprint density at radius 1 is 1.04 bits per heavy atom. The van der Waals surface area contributed by atoms with Crippen molar-refractivity contribution in [1.82, 2.24) is 9.80 Å². The van der Waals surface area contributed by atoms with Gasteiger partial charge in [-0.15, -0.1) is 24.9 Å². The fourth-order valence-corrected chi connectivity index (χ4v) is 10.6. The van der Waals surface area contributed by atoms with Crippen molar-refractivity contribution in [2.75, 3.05) is 24.6 Å². The zero-order valence-corrected chi connectivity index (χ0v) is 28.0. The highest BCUT2D eigenvalue weighted by molar-refractivity contribution is 8.02. The first kappa shape index (κ1) is 33.0. The van der Waals surface area contributed by atoms with Crippen molar-refractivity contribution >= 4 is 35.2 Å². The molecule has 7 atom stereocenters. The molecule has 3 amide bonds. The van der Waals surface area contributed by atoms with Crippen LogP contribution in [0.5, 0.6) is 0 Å². The molecular formula is C37H47N3O4S. The van der Waals surface area contributed by atoms with Crippen molar-refractivity contribution in [3.05, 3.63) is 90.5 Å². The van der Waals surface area contributed by atoms with E-state index >= 15 is 4.79 Å². The van der Waals surface area contributed by atoms with Crippen molar-refractivity contribution in [3.63, 3.8) is 0 Å². The number of thioether (sulfide) groups is 1. The van der Waals surface area contributed by atoms with E-state index in [1.54, 1.807) is 38.6 Å². The van der Waals surface area contributed by atoms with Crippen LogP contribution < -0.4 is 4.90 Å². The van der Waals surface area contributed by atoms with Crippen LogP contribution in [-0.2, 0) is 20.9 Å². The van der Waals surface area contributed by atoms with Crippen molar-refractivity contribution in [2.45, 2.75) is 69.7 Å². The fourth-order valence-electron chi connectivity index (χ4n) is 8.20. The molecule has 0 aliphatic carbocycles. The summed E-state index contributed by atoms with van der Waals surface area (Å²) in [5.74, 6) is -1.76. The summed E-state index contributed by atoms with van der Waals surface area (Å²) in [6.45, 7) is 18.7. The third-order valence-corrected chi connectivity index (χ3v) is 12.3. The molecule has 2 bridgehead atoms. The predicted octanol–water partition coefficient (Wildman–Crippen LogP) is 5.39. The lowest BCUT2D eigenvalue weighted by molar-refractivity contribution is -0.146. The van der Waals surface area contributed by atoms with Crippen LogP contribution in [0.25, 0.3) is 0 Å². The summed E-state index contributed by atoms with van der Waals surface area (Å²) in [6, 6.07) is 14.4. The average molecular weight is 630 g/mol. The molecule has 1 spiro atoms. The van der Waals surface area contributed by atoms with Crippen molar-refractivity contribution in [1.29, 1.82) is 0 Å². The highest BCUT2D eigenvalue weighted by Crippen LogP contribution is 2.69. The van der Waals surface area contributed by atoms with Gasteiger partial charge in [0.15, 0.2) is 0 Å². The van der Waals surface area contributed by atoms with Gasteiger partial charge in [-0.05, 0) is 48.8 Å². The largest absolute Gasteiger partial charge is 0.394 e. The minimum Gasteiger partial charge on any atom is -0.394 e. The first-order chi connectivity index (χ1) is 21.5. The molecule has 45 heavy (non-hydrogen) atoms. The van der Waals surface area contributed by atoms with Gasteiger partial charge in [-0.1, -0.05) is 81.5 Å². The molecule has 0 radical (unpaired) electrons. The number of rotatable bonds is 12. The Balaban J connectivity index is 1.63. The molecule has 3 unspecified atom stereocenters. The van der Waals surface area contributed by atoms with Crippen molar-refractivity contribution < 1.29 is 19.5 Å². The van der Waals surface area contributed by atoms with Gasteiger partial charge in [-0.3, -0.25) is 14.4 Å². The van der Waals surface area contributed by atoms with Crippen LogP contribution in [0, 0.1) is 37.5 Å². The molecule has 1 N–H and O–H groups in total. The average Bonchev–Trinajstić information content (AvgIpc) is 3.60. The third kappa shape index (κ3) is 5.44. The van der Waals surface area contributed by atoms with Crippen LogP contribution >= 0.6 is 11.8 Å². The summed E-state index contributed by atoms with van der Waals surface area (Å²) in [5, 5.41) is 10.6. The minimum atomic E-state index is -0.835. The summed E-state index contributed by atoms with van der Waals surface area (Å²) < 4.78 is -0.802. The van der Waals surface area contributed by atoms with Gasteiger partial charge in [-0.25, -0.2) is 0 Å². The van der Waals surface area contributed by atoms with E-state index in [1.165, 1.54) is 0 Å². The second-order valence-electron chi connectivity index (χ2n) is 13.3. The molecule has 3 heterocycles. The minimum absolute atomic E-state index is 0.0153. The number of para-hydroxylation sites is 1. The Bertz CT molecular complexity index is 1440. The summed E-state index contributed by atoms with van der Waals surface area (Å²) in [5.41, 5.74) is 3.75. The number of hydrogen-bond acceptors (Lipinski definition) is 5. The standard InChI is InChI=1S/C37H47N3O4S/c1-8-18-38(21-27-16-11-10-12-17-27)34(42)30-29-20-26(7)37(45-29)31(30)35(43)40(28(22-41)23(3)4)33(37)36(44)39(19-9-2)32-24(5)14-13-15-25(32)6/h8-17,23,26,28-31,33,41H,1-2,18-22H2,3-7H3/t26?,28-,29+,30-,31-,33?,37?/m0/s1. The summed E-state index contributed by atoms with van der Waals surface area (Å²) in [6.07, 6.45) is 4.19. The van der Waals surface area contributed by atoms with Gasteiger partial charge >= 0.3 is 0 Å². The first-order valence-corrected chi connectivity index (χ1v) is 16.9. The normalized spacial score (nSPS) is 27.4. The number of aliphatic hydroxyl groups is 1. The van der Waals surface area contributed by atoms with E-state index in [4.69, 9.17) is 0 Å². The molecule has 0 aromatic heterocycles. The quantitative estimate of drug-likeness (QED) is 0.319. The van der Waals surface area contributed by atoms with E-state index < -0.39 is 28.7 Å². The molecule has 3 saturated heterocycles. The molecule has 2 aromatic rings. The van der Waals surface area contributed by atoms with Gasteiger partial charge in [0.05, 0.1) is 29.2 Å². The molecule has 3 fully saturated rings. The zero-order chi connectivity index (χ0) is 32.6. The number of anilines is 1. The second-order valence-corrected chi connectivity index (χ2v) is 14.8. The van der Waals surface area contributed by atoms with Gasteiger partial charge in [-0.2, -0.15) is 0 Å². The Hall–Kier alpha value is -3.36. The number of hydrogen-bond donors (Lipinski definition) is 1. The number of likely N-dealkylation sites (tertiary alicyclic amines) is 1. The van der Waals surface area contributed by atoms with Crippen LogP contribution in [0.2, 0.25) is 0 Å². The molecule has 3 aliphatic heterocycles. The Labute approximate surface area is 272 Å². The molecular weight excluding hydrogens is 582 g/mol. The third-order valence-electron chi connectivity index (χ3n) is 10.2.